The SMILES string of the molecule is CNCC(C)C(=O)NCC(O)c1ccc2ccccc2c1.Cl. The minimum Gasteiger partial charge on any atom is -0.387 e. The van der Waals surface area contributed by atoms with Crippen LogP contribution in [-0.4, -0.2) is 31.2 Å². The van der Waals surface area contributed by atoms with Gasteiger partial charge in [0, 0.05) is 19.0 Å². The molecule has 2 atom stereocenters. The van der Waals surface area contributed by atoms with E-state index in [9.17, 15) is 9.90 Å². The number of fused-ring (bicyclic) bond motifs is 1. The topological polar surface area (TPSA) is 61.4 Å². The van der Waals surface area contributed by atoms with Crippen LogP contribution in [0.5, 0.6) is 0 Å². The molecule has 0 aromatic heterocycles. The molecule has 0 heterocycles. The summed E-state index contributed by atoms with van der Waals surface area (Å²) in [4.78, 5) is 11.8. The maximum atomic E-state index is 11.8. The average molecular weight is 323 g/mol. The second-order valence-corrected chi connectivity index (χ2v) is 5.33. The molecular formula is C17H23ClN2O2. The van der Waals surface area contributed by atoms with E-state index in [0.29, 0.717) is 6.54 Å². The van der Waals surface area contributed by atoms with Crippen LogP contribution >= 0.6 is 12.4 Å². The number of halogens is 1. The molecule has 22 heavy (non-hydrogen) atoms. The third-order valence-electron chi connectivity index (χ3n) is 3.59. The fourth-order valence-corrected chi connectivity index (χ4v) is 2.30. The Morgan fingerprint density at radius 3 is 2.50 bits per heavy atom. The number of carbonyl (C=O) groups is 1. The molecule has 0 spiro atoms. The molecule has 2 aromatic rings. The Labute approximate surface area is 137 Å². The zero-order valence-corrected chi connectivity index (χ0v) is 13.7. The minimum atomic E-state index is -0.694. The Morgan fingerprint density at radius 1 is 1.14 bits per heavy atom. The van der Waals surface area contributed by atoms with Gasteiger partial charge in [0.05, 0.1) is 6.10 Å². The molecule has 0 aliphatic heterocycles. The van der Waals surface area contributed by atoms with E-state index in [4.69, 9.17) is 0 Å². The maximum absolute atomic E-state index is 11.8. The van der Waals surface area contributed by atoms with Gasteiger partial charge in [0.25, 0.3) is 0 Å². The van der Waals surface area contributed by atoms with E-state index in [1.807, 2.05) is 56.4 Å². The Balaban J connectivity index is 0.00000242. The first-order chi connectivity index (χ1) is 10.1. The summed E-state index contributed by atoms with van der Waals surface area (Å²) < 4.78 is 0. The summed E-state index contributed by atoms with van der Waals surface area (Å²) in [5.74, 6) is -0.164. The molecule has 3 N–H and O–H groups in total. The molecule has 4 nitrogen and oxygen atoms in total. The van der Waals surface area contributed by atoms with Crippen LogP contribution in [0.4, 0.5) is 0 Å². The van der Waals surface area contributed by atoms with Crippen molar-refractivity contribution in [2.45, 2.75) is 13.0 Å². The van der Waals surface area contributed by atoms with Gasteiger partial charge in [-0.25, -0.2) is 0 Å². The van der Waals surface area contributed by atoms with Gasteiger partial charge in [-0.05, 0) is 29.4 Å². The molecule has 2 unspecified atom stereocenters. The Kier molecular flexibility index (Phi) is 7.32. The van der Waals surface area contributed by atoms with Gasteiger partial charge in [0.2, 0.25) is 5.91 Å². The van der Waals surface area contributed by atoms with Crippen LogP contribution < -0.4 is 10.6 Å². The molecule has 2 rings (SSSR count). The van der Waals surface area contributed by atoms with E-state index < -0.39 is 6.10 Å². The van der Waals surface area contributed by atoms with E-state index in [-0.39, 0.29) is 30.8 Å². The molecule has 0 fully saturated rings. The number of aliphatic hydroxyl groups is 1. The lowest BCUT2D eigenvalue weighted by Gasteiger charge is -2.15. The highest BCUT2D eigenvalue weighted by Crippen LogP contribution is 2.20. The molecule has 120 valence electrons. The van der Waals surface area contributed by atoms with Gasteiger partial charge in [0.1, 0.15) is 0 Å². The Hall–Kier alpha value is -1.62. The fourth-order valence-electron chi connectivity index (χ4n) is 2.30. The van der Waals surface area contributed by atoms with Crippen molar-refractivity contribution in [3.05, 3.63) is 48.0 Å². The smallest absolute Gasteiger partial charge is 0.224 e. The molecular weight excluding hydrogens is 300 g/mol. The van der Waals surface area contributed by atoms with Gasteiger partial charge >= 0.3 is 0 Å². The Morgan fingerprint density at radius 2 is 1.82 bits per heavy atom. The van der Waals surface area contributed by atoms with Gasteiger partial charge in [-0.15, -0.1) is 12.4 Å². The van der Waals surface area contributed by atoms with E-state index in [1.54, 1.807) is 0 Å². The van der Waals surface area contributed by atoms with Crippen LogP contribution in [0.1, 0.15) is 18.6 Å². The summed E-state index contributed by atoms with van der Waals surface area (Å²) in [7, 11) is 1.81. The van der Waals surface area contributed by atoms with Crippen molar-refractivity contribution < 1.29 is 9.90 Å². The summed E-state index contributed by atoms with van der Waals surface area (Å²) >= 11 is 0. The molecule has 0 radical (unpaired) electrons. The van der Waals surface area contributed by atoms with Crippen molar-refractivity contribution in [1.82, 2.24) is 10.6 Å². The zero-order valence-electron chi connectivity index (χ0n) is 12.9. The number of amides is 1. The number of carbonyl (C=O) groups excluding carboxylic acids is 1. The van der Waals surface area contributed by atoms with Gasteiger partial charge < -0.3 is 15.7 Å². The summed E-state index contributed by atoms with van der Waals surface area (Å²) in [6, 6.07) is 13.9. The second-order valence-electron chi connectivity index (χ2n) is 5.33. The van der Waals surface area contributed by atoms with Crippen molar-refractivity contribution in [3.63, 3.8) is 0 Å². The predicted octanol–water partition coefficient (Wildman–Crippen LogP) is 2.27. The molecule has 0 saturated heterocycles. The third-order valence-corrected chi connectivity index (χ3v) is 3.59. The van der Waals surface area contributed by atoms with E-state index in [1.165, 1.54) is 0 Å². The zero-order chi connectivity index (χ0) is 15.2. The van der Waals surface area contributed by atoms with Crippen LogP contribution in [0.2, 0.25) is 0 Å². The highest BCUT2D eigenvalue weighted by Gasteiger charge is 2.14. The maximum Gasteiger partial charge on any atom is 0.224 e. The van der Waals surface area contributed by atoms with Crippen molar-refractivity contribution in [3.8, 4) is 0 Å². The molecule has 0 aliphatic rings. The van der Waals surface area contributed by atoms with Crippen molar-refractivity contribution in [2.24, 2.45) is 5.92 Å². The van der Waals surface area contributed by atoms with Crippen molar-refractivity contribution in [2.75, 3.05) is 20.1 Å². The number of rotatable bonds is 6. The van der Waals surface area contributed by atoms with Gasteiger partial charge in [-0.1, -0.05) is 43.3 Å². The predicted molar refractivity (Wildman–Crippen MR) is 92.3 cm³/mol. The lowest BCUT2D eigenvalue weighted by atomic mass is 10.0. The van der Waals surface area contributed by atoms with Crippen LogP contribution in [-0.2, 0) is 4.79 Å². The van der Waals surface area contributed by atoms with E-state index in [2.05, 4.69) is 10.6 Å². The lowest BCUT2D eigenvalue weighted by Crippen LogP contribution is -2.36. The molecule has 0 saturated carbocycles. The van der Waals surface area contributed by atoms with Crippen molar-refractivity contribution >= 4 is 29.1 Å². The average Bonchev–Trinajstić information content (AvgIpc) is 2.52. The lowest BCUT2D eigenvalue weighted by molar-refractivity contribution is -0.124. The highest BCUT2D eigenvalue weighted by molar-refractivity contribution is 5.85. The first kappa shape index (κ1) is 18.4. The first-order valence-corrected chi connectivity index (χ1v) is 7.21. The number of hydrogen-bond donors (Lipinski definition) is 3. The fraction of sp³-hybridized carbons (Fsp3) is 0.353. The van der Waals surface area contributed by atoms with Crippen LogP contribution in [0.25, 0.3) is 10.8 Å². The highest BCUT2D eigenvalue weighted by atomic mass is 35.5. The summed E-state index contributed by atoms with van der Waals surface area (Å²) in [6.07, 6.45) is -0.694. The molecule has 2 aromatic carbocycles. The van der Waals surface area contributed by atoms with E-state index in [0.717, 1.165) is 16.3 Å². The van der Waals surface area contributed by atoms with Gasteiger partial charge in [-0.3, -0.25) is 4.79 Å². The largest absolute Gasteiger partial charge is 0.387 e. The molecule has 1 amide bonds. The van der Waals surface area contributed by atoms with Gasteiger partial charge in [0.15, 0.2) is 0 Å². The molecule has 0 aliphatic carbocycles. The number of hydrogen-bond acceptors (Lipinski definition) is 3. The number of aliphatic hydroxyl groups excluding tert-OH is 1. The minimum absolute atomic E-state index is 0. The standard InChI is InChI=1S/C17H22N2O2.ClH/c1-12(10-18-2)17(21)19-11-16(20)15-8-7-13-5-3-4-6-14(13)9-15;/h3-9,12,16,18,20H,10-11H2,1-2H3,(H,19,21);1H. The van der Waals surface area contributed by atoms with E-state index >= 15 is 0 Å². The second kappa shape index (κ2) is 8.73. The first-order valence-electron chi connectivity index (χ1n) is 7.21. The number of benzene rings is 2. The summed E-state index contributed by atoms with van der Waals surface area (Å²) in [6.45, 7) is 2.71. The molecule has 5 heteroatoms. The summed E-state index contributed by atoms with van der Waals surface area (Å²) in [5, 5.41) is 18.2. The number of nitrogens with one attached hydrogen (secondary N) is 2. The normalized spacial score (nSPS) is 13.2. The van der Waals surface area contributed by atoms with Crippen LogP contribution in [0.3, 0.4) is 0 Å². The summed E-state index contributed by atoms with van der Waals surface area (Å²) in [5.41, 5.74) is 0.815. The van der Waals surface area contributed by atoms with Gasteiger partial charge in [-0.2, -0.15) is 0 Å². The van der Waals surface area contributed by atoms with Crippen molar-refractivity contribution in [1.29, 1.82) is 0 Å². The molecule has 0 bridgehead atoms. The third kappa shape index (κ3) is 4.70. The quantitative estimate of drug-likeness (QED) is 0.764. The monoisotopic (exact) mass is 322 g/mol. The van der Waals surface area contributed by atoms with Crippen LogP contribution in [0.15, 0.2) is 42.5 Å². The Bertz CT molecular complexity index is 618. The van der Waals surface area contributed by atoms with Crippen LogP contribution in [0, 0.1) is 5.92 Å².